The van der Waals surface area contributed by atoms with Crippen LogP contribution in [0.2, 0.25) is 0 Å². The molecule has 18 atom stereocenters. The summed E-state index contributed by atoms with van der Waals surface area (Å²) >= 11 is 0. The van der Waals surface area contributed by atoms with Gasteiger partial charge in [-0.1, -0.05) is 0 Å². The molecule has 4 aliphatic heterocycles. The first-order chi connectivity index (χ1) is 38.8. The summed E-state index contributed by atoms with van der Waals surface area (Å²) in [4.78, 5) is 126. The van der Waals surface area contributed by atoms with E-state index in [4.69, 9.17) is 66.0 Å². The van der Waals surface area contributed by atoms with Gasteiger partial charge in [0.1, 0.15) is 79.1 Å². The Balaban J connectivity index is 0.944. The molecule has 0 saturated carbocycles. The number of aromatic amines is 3. The monoisotopic (exact) mass is 1230 g/mol. The van der Waals surface area contributed by atoms with Crippen LogP contribution in [-0.4, -0.2) is 188 Å². The van der Waals surface area contributed by atoms with E-state index in [0.29, 0.717) is 0 Å². The number of methoxy groups -OCH3 is 3. The third kappa shape index (κ3) is 12.9. The lowest BCUT2D eigenvalue weighted by Crippen LogP contribution is -2.40. The van der Waals surface area contributed by atoms with Gasteiger partial charge in [0.25, 0.3) is 16.7 Å². The SMILES string of the molecule is CO[C@@H]1[C@H](OP(=O)(O)OC[C@H]2O[C@@H](n3cnc4c(N)ncnc43)[C@H](OC)[C@@H]2OP(=O)(O)OC[C@H]2O[C@@H](n3ccc(=O)[nH]c3=O)[C@H](OC)[C@@H]2OP(=O)(O)OC[C@H]2O[C@@H](n3cc(C)c(=O)[nH]c3=O)C[C@@H]2O)[C@@H](CO)O[C@H]1n1ccc(=O)[nH]c1=O. The molecule has 4 aliphatic rings. The fourth-order valence-electron chi connectivity index (χ4n) is 9.55. The van der Waals surface area contributed by atoms with Gasteiger partial charge in [-0.15, -0.1) is 0 Å². The molecule has 10 N–H and O–H groups in total. The molecule has 0 spiro atoms. The van der Waals surface area contributed by atoms with E-state index in [2.05, 4.69) is 19.9 Å². The number of phosphoric ester groups is 3. The van der Waals surface area contributed by atoms with E-state index in [-0.39, 0.29) is 29.0 Å². The molecule has 82 heavy (non-hydrogen) atoms. The molecule has 9 rings (SSSR count). The fraction of sp³-hybridized carbons (Fsp3) is 0.585. The summed E-state index contributed by atoms with van der Waals surface area (Å²) < 4.78 is 119. The quantitative estimate of drug-likeness (QED) is 0.0284. The highest BCUT2D eigenvalue weighted by Crippen LogP contribution is 2.54. The highest BCUT2D eigenvalue weighted by Gasteiger charge is 2.55. The molecule has 0 bridgehead atoms. The van der Waals surface area contributed by atoms with Crippen molar-refractivity contribution < 1.29 is 98.9 Å². The molecule has 0 amide bonds. The molecule has 4 fully saturated rings. The van der Waals surface area contributed by atoms with Gasteiger partial charge in [0, 0.05) is 64.0 Å². The van der Waals surface area contributed by atoms with Crippen molar-refractivity contribution >= 4 is 40.4 Å². The summed E-state index contributed by atoms with van der Waals surface area (Å²) in [7, 11) is -13.0. The normalized spacial score (nSPS) is 31.5. The third-order valence-corrected chi connectivity index (χ3v) is 16.4. The molecular formula is C41H54N11O27P3. The van der Waals surface area contributed by atoms with Crippen molar-refractivity contribution in [3.8, 4) is 0 Å². The second-order valence-electron chi connectivity index (χ2n) is 18.5. The zero-order chi connectivity index (χ0) is 59.2. The highest BCUT2D eigenvalue weighted by molar-refractivity contribution is 7.48. The number of imidazole rings is 1. The minimum Gasteiger partial charge on any atom is -0.394 e. The average Bonchev–Trinajstić information content (AvgIpc) is 4.20. The zero-order valence-electron chi connectivity index (χ0n) is 43.0. The Morgan fingerprint density at radius 1 is 0.622 bits per heavy atom. The number of hydrogen-bond donors (Lipinski definition) is 9. The van der Waals surface area contributed by atoms with Gasteiger partial charge in [-0.05, 0) is 6.92 Å². The summed E-state index contributed by atoms with van der Waals surface area (Å²) in [5.41, 5.74) is 1.14. The van der Waals surface area contributed by atoms with Crippen LogP contribution in [0, 0.1) is 6.92 Å². The minimum atomic E-state index is -5.59. The number of nitrogen functional groups attached to an aromatic ring is 1. The predicted octanol–water partition coefficient (Wildman–Crippen LogP) is -3.75. The van der Waals surface area contributed by atoms with E-state index in [0.717, 1.165) is 65.9 Å². The Bertz CT molecular complexity index is 3650. The number of aromatic nitrogens is 10. The zero-order valence-corrected chi connectivity index (χ0v) is 45.7. The maximum Gasteiger partial charge on any atom is 0.472 e. The third-order valence-electron chi connectivity index (χ3n) is 13.4. The lowest BCUT2D eigenvalue weighted by molar-refractivity contribution is -0.0669. The van der Waals surface area contributed by atoms with Crippen LogP contribution in [0.15, 0.2) is 72.1 Å². The Kier molecular flexibility index (Phi) is 18.2. The van der Waals surface area contributed by atoms with Crippen LogP contribution in [0.1, 0.15) is 36.9 Å². The van der Waals surface area contributed by atoms with Crippen molar-refractivity contribution in [2.75, 3.05) is 53.5 Å². The fourth-order valence-corrected chi connectivity index (χ4v) is 12.4. The maximum absolute atomic E-state index is 14.2. The van der Waals surface area contributed by atoms with E-state index in [9.17, 15) is 67.4 Å². The number of aryl methyl sites for hydroxylation is 1. The second-order valence-corrected chi connectivity index (χ2v) is 22.7. The van der Waals surface area contributed by atoms with Crippen molar-refractivity contribution in [2.45, 2.75) is 105 Å². The number of anilines is 1. The highest BCUT2D eigenvalue weighted by atomic mass is 31.2. The van der Waals surface area contributed by atoms with Gasteiger partial charge in [-0.2, -0.15) is 0 Å². The number of phosphoric acid groups is 3. The van der Waals surface area contributed by atoms with Gasteiger partial charge in [0.15, 0.2) is 30.1 Å². The number of H-pyrrole nitrogens is 3. The first kappa shape index (κ1) is 60.9. The topological polar surface area (TPSA) is 507 Å². The van der Waals surface area contributed by atoms with Crippen LogP contribution in [-0.2, 0) is 74.0 Å². The Morgan fingerprint density at radius 3 is 1.55 bits per heavy atom. The second kappa shape index (κ2) is 24.5. The molecule has 0 aliphatic carbocycles. The smallest absolute Gasteiger partial charge is 0.394 e. The number of hydrogen-bond acceptors (Lipinski definition) is 28. The molecule has 0 aromatic carbocycles. The van der Waals surface area contributed by atoms with Gasteiger partial charge in [0.05, 0.1) is 38.9 Å². The van der Waals surface area contributed by atoms with Crippen LogP contribution in [0.4, 0.5) is 5.82 Å². The van der Waals surface area contributed by atoms with Gasteiger partial charge in [0.2, 0.25) is 0 Å². The van der Waals surface area contributed by atoms with E-state index in [1.54, 1.807) is 0 Å². The van der Waals surface area contributed by atoms with Gasteiger partial charge in [-0.25, -0.2) is 43.0 Å². The van der Waals surface area contributed by atoms with Crippen LogP contribution < -0.4 is 39.5 Å². The molecule has 450 valence electrons. The molecule has 3 unspecified atom stereocenters. The van der Waals surface area contributed by atoms with Crippen molar-refractivity contribution in [3.05, 3.63) is 111 Å². The van der Waals surface area contributed by atoms with Gasteiger partial charge >= 0.3 is 40.5 Å². The van der Waals surface area contributed by atoms with Crippen LogP contribution in [0.25, 0.3) is 11.2 Å². The Labute approximate surface area is 456 Å². The van der Waals surface area contributed by atoms with E-state index >= 15 is 0 Å². The molecule has 0 radical (unpaired) electrons. The summed E-state index contributed by atoms with van der Waals surface area (Å²) in [5, 5.41) is 21.0. The first-order valence-electron chi connectivity index (χ1n) is 24.2. The maximum atomic E-state index is 14.2. The number of fused-ring (bicyclic) bond motifs is 1. The van der Waals surface area contributed by atoms with E-state index < -0.39 is 176 Å². The molecule has 9 heterocycles. The van der Waals surface area contributed by atoms with Gasteiger partial charge in [-0.3, -0.25) is 74.7 Å². The average molecular weight is 1230 g/mol. The van der Waals surface area contributed by atoms with Crippen molar-refractivity contribution in [1.82, 2.24) is 48.2 Å². The molecule has 5 aromatic rings. The number of aliphatic hydroxyl groups is 2. The predicted molar refractivity (Wildman–Crippen MR) is 266 cm³/mol. The lowest BCUT2D eigenvalue weighted by Gasteiger charge is -2.28. The van der Waals surface area contributed by atoms with Crippen LogP contribution in [0.3, 0.4) is 0 Å². The number of rotatable bonds is 23. The largest absolute Gasteiger partial charge is 0.472 e. The molecule has 4 saturated heterocycles. The molecule has 5 aromatic heterocycles. The summed E-state index contributed by atoms with van der Waals surface area (Å²) in [6.07, 6.45) is -18.0. The van der Waals surface area contributed by atoms with Crippen molar-refractivity contribution in [2.24, 2.45) is 0 Å². The standard InChI is InChI=1S/C41H54N11O27P3/c1-17-10-51(41(60)48-35(17)57)25-9-18(54)20(73-25)12-70-80(61,62)78-28-21(75-37(31(28)68-3)50-8-6-24(56)47-40(50)59)13-72-82(65,66)79-29-22(76-38(32(29)69-4)52-16-45-26-33(42)43-15-44-34(26)52)14-71-81(63,64)77-27-19(11-53)74-36(30(27)67-2)49-7-5-23(55)46-39(49)58/h5-8,10,15-16,18-22,25,27-32,36-38,53-54H,9,11-14H2,1-4H3,(H,61,62)(H,63,64)(H,65,66)(H2,42,43,44)(H,46,55,58)(H,47,56,59)(H,48,57,60)/t18-,19+,20+,21+,22+,25+,27+,28+,29+,30+,31+,32+,36+,37+,38+/m0/s1. The number of aliphatic hydroxyl groups excluding tert-OH is 2. The number of ether oxygens (including phenoxy) is 7. The molecule has 41 heteroatoms. The minimum absolute atomic E-state index is 0.0461. The number of nitrogens with one attached hydrogen (secondary N) is 3. The van der Waals surface area contributed by atoms with E-state index in [1.807, 2.05) is 9.97 Å². The van der Waals surface area contributed by atoms with E-state index in [1.165, 1.54) is 24.0 Å². The Hall–Kier alpha value is -5.64. The van der Waals surface area contributed by atoms with Gasteiger partial charge < -0.3 is 63.8 Å². The first-order valence-corrected chi connectivity index (χ1v) is 28.7. The summed E-state index contributed by atoms with van der Waals surface area (Å²) in [5.74, 6) is -0.0638. The van der Waals surface area contributed by atoms with Crippen molar-refractivity contribution in [3.63, 3.8) is 0 Å². The lowest BCUT2D eigenvalue weighted by atomic mass is 10.1. The van der Waals surface area contributed by atoms with Crippen molar-refractivity contribution in [1.29, 1.82) is 0 Å². The summed E-state index contributed by atoms with van der Waals surface area (Å²) in [6, 6.07) is 1.92. The Morgan fingerprint density at radius 2 is 1.07 bits per heavy atom. The number of nitrogens with two attached hydrogens (primary N) is 1. The molecular weight excluding hydrogens is 1170 g/mol. The molecule has 38 nitrogen and oxygen atoms in total. The number of nitrogens with zero attached hydrogens (tertiary/aromatic N) is 7. The summed E-state index contributed by atoms with van der Waals surface area (Å²) in [6.45, 7) is -2.44. The van der Waals surface area contributed by atoms with Crippen LogP contribution >= 0.6 is 23.5 Å². The van der Waals surface area contributed by atoms with Crippen LogP contribution in [0.5, 0.6) is 0 Å².